The van der Waals surface area contributed by atoms with Crippen molar-refractivity contribution in [2.45, 2.75) is 51.5 Å². The molecule has 1 aromatic rings. The number of β-amino-alcohol motifs (C(OH)–C–C–N with tert-alkyl or cyclic N) is 1. The number of carbonyl (C=O) groups is 1. The van der Waals surface area contributed by atoms with Gasteiger partial charge in [-0.3, -0.25) is 9.80 Å². The maximum absolute atomic E-state index is 12.2. The number of hydrogen-bond acceptors (Lipinski definition) is 5. The van der Waals surface area contributed by atoms with E-state index in [2.05, 4.69) is 34.1 Å². The summed E-state index contributed by atoms with van der Waals surface area (Å²) in [7, 11) is 0. The molecule has 0 spiro atoms. The van der Waals surface area contributed by atoms with Crippen LogP contribution in [0.25, 0.3) is 0 Å². The van der Waals surface area contributed by atoms with Gasteiger partial charge in [-0.1, -0.05) is 30.3 Å². The SMILES string of the molecule is CC(C)(C)OC(=O)N1CCN([C@H]2CCN(Cc3ccccc3)C[C@H]2O)CC1. The lowest BCUT2D eigenvalue weighted by Gasteiger charge is -2.45. The van der Waals surface area contributed by atoms with Gasteiger partial charge in [0.2, 0.25) is 0 Å². The highest BCUT2D eigenvalue weighted by Crippen LogP contribution is 2.21. The standard InChI is InChI=1S/C21H33N3O3/c1-21(2,3)27-20(26)24-13-11-23(12-14-24)18-9-10-22(16-19(18)25)15-17-7-5-4-6-8-17/h4-8,18-19,25H,9-16H2,1-3H3/t18-,19+/m0/s1. The Bertz CT molecular complexity index is 609. The predicted molar refractivity (Wildman–Crippen MR) is 106 cm³/mol. The molecular weight excluding hydrogens is 342 g/mol. The van der Waals surface area contributed by atoms with E-state index in [4.69, 9.17) is 4.74 Å². The molecule has 2 aliphatic heterocycles. The van der Waals surface area contributed by atoms with Crippen LogP contribution in [0.3, 0.4) is 0 Å². The van der Waals surface area contributed by atoms with Crippen LogP contribution in [-0.4, -0.2) is 82.9 Å². The fraction of sp³-hybridized carbons (Fsp3) is 0.667. The molecule has 0 radical (unpaired) electrons. The molecule has 0 aromatic heterocycles. The van der Waals surface area contributed by atoms with Gasteiger partial charge >= 0.3 is 6.09 Å². The minimum Gasteiger partial charge on any atom is -0.444 e. The number of likely N-dealkylation sites (tertiary alicyclic amines) is 1. The first-order valence-corrected chi connectivity index (χ1v) is 9.98. The minimum atomic E-state index is -0.462. The van der Waals surface area contributed by atoms with Gasteiger partial charge in [-0.2, -0.15) is 0 Å². The normalized spacial score (nSPS) is 25.4. The summed E-state index contributed by atoms with van der Waals surface area (Å²) in [5, 5.41) is 10.7. The Morgan fingerprint density at radius 2 is 1.78 bits per heavy atom. The van der Waals surface area contributed by atoms with E-state index >= 15 is 0 Å². The lowest BCUT2D eigenvalue weighted by molar-refractivity contribution is -0.0354. The van der Waals surface area contributed by atoms with Crippen LogP contribution in [0.15, 0.2) is 30.3 Å². The average molecular weight is 376 g/mol. The van der Waals surface area contributed by atoms with Gasteiger partial charge in [-0.05, 0) is 32.8 Å². The zero-order valence-electron chi connectivity index (χ0n) is 16.8. The summed E-state index contributed by atoms with van der Waals surface area (Å²) in [5.74, 6) is 0. The van der Waals surface area contributed by atoms with Crippen molar-refractivity contribution in [2.24, 2.45) is 0 Å². The summed E-state index contributed by atoms with van der Waals surface area (Å²) >= 11 is 0. The van der Waals surface area contributed by atoms with Crippen LogP contribution in [0.1, 0.15) is 32.8 Å². The van der Waals surface area contributed by atoms with Gasteiger partial charge in [0, 0.05) is 51.9 Å². The molecule has 1 amide bonds. The highest BCUT2D eigenvalue weighted by Gasteiger charge is 2.35. The number of ether oxygens (including phenoxy) is 1. The number of amides is 1. The molecule has 150 valence electrons. The highest BCUT2D eigenvalue weighted by molar-refractivity contribution is 5.68. The van der Waals surface area contributed by atoms with E-state index < -0.39 is 5.60 Å². The van der Waals surface area contributed by atoms with Gasteiger partial charge in [-0.15, -0.1) is 0 Å². The van der Waals surface area contributed by atoms with Crippen LogP contribution >= 0.6 is 0 Å². The Kier molecular flexibility index (Phi) is 6.40. The molecule has 3 rings (SSSR count). The fourth-order valence-corrected chi connectivity index (χ4v) is 3.96. The van der Waals surface area contributed by atoms with Crippen LogP contribution < -0.4 is 0 Å². The van der Waals surface area contributed by atoms with Gasteiger partial charge in [0.25, 0.3) is 0 Å². The fourth-order valence-electron chi connectivity index (χ4n) is 3.96. The quantitative estimate of drug-likeness (QED) is 0.878. The van der Waals surface area contributed by atoms with Crippen LogP contribution in [0.5, 0.6) is 0 Å². The first-order valence-electron chi connectivity index (χ1n) is 9.98. The second-order valence-electron chi connectivity index (χ2n) is 8.65. The highest BCUT2D eigenvalue weighted by atomic mass is 16.6. The number of aliphatic hydroxyl groups excluding tert-OH is 1. The summed E-state index contributed by atoms with van der Waals surface area (Å²) in [4.78, 5) is 18.6. The van der Waals surface area contributed by atoms with Gasteiger partial charge in [0.1, 0.15) is 5.60 Å². The number of nitrogens with zero attached hydrogens (tertiary/aromatic N) is 3. The van der Waals surface area contributed by atoms with Crippen LogP contribution in [0, 0.1) is 0 Å². The number of aliphatic hydroxyl groups is 1. The Hall–Kier alpha value is -1.63. The van der Waals surface area contributed by atoms with Crippen molar-refractivity contribution in [2.75, 3.05) is 39.3 Å². The lowest BCUT2D eigenvalue weighted by atomic mass is 9.98. The predicted octanol–water partition coefficient (Wildman–Crippen LogP) is 2.17. The van der Waals surface area contributed by atoms with Crippen molar-refractivity contribution in [3.8, 4) is 0 Å². The molecule has 2 fully saturated rings. The molecule has 6 heteroatoms. The first-order chi connectivity index (χ1) is 12.8. The van der Waals surface area contributed by atoms with Crippen molar-refractivity contribution in [1.82, 2.24) is 14.7 Å². The van der Waals surface area contributed by atoms with E-state index in [1.165, 1.54) is 5.56 Å². The topological polar surface area (TPSA) is 56.2 Å². The Morgan fingerprint density at radius 1 is 1.11 bits per heavy atom. The largest absolute Gasteiger partial charge is 0.444 e. The summed E-state index contributed by atoms with van der Waals surface area (Å²) < 4.78 is 5.46. The van der Waals surface area contributed by atoms with E-state index in [0.29, 0.717) is 19.6 Å². The molecule has 0 bridgehead atoms. The van der Waals surface area contributed by atoms with Crippen LogP contribution in [0.2, 0.25) is 0 Å². The smallest absolute Gasteiger partial charge is 0.410 e. The summed E-state index contributed by atoms with van der Waals surface area (Å²) in [5.41, 5.74) is 0.824. The maximum atomic E-state index is 12.2. The zero-order valence-corrected chi connectivity index (χ0v) is 16.8. The molecule has 1 aromatic carbocycles. The molecule has 0 unspecified atom stereocenters. The van der Waals surface area contributed by atoms with Crippen molar-refractivity contribution >= 4 is 6.09 Å². The first kappa shape index (κ1) is 20.1. The van der Waals surface area contributed by atoms with Gasteiger partial charge in [0.05, 0.1) is 6.10 Å². The number of benzene rings is 1. The Morgan fingerprint density at radius 3 is 2.37 bits per heavy atom. The summed E-state index contributed by atoms with van der Waals surface area (Å²) in [6.45, 7) is 11.1. The summed E-state index contributed by atoms with van der Waals surface area (Å²) in [6, 6.07) is 10.6. The van der Waals surface area contributed by atoms with Crippen molar-refractivity contribution in [3.05, 3.63) is 35.9 Å². The van der Waals surface area contributed by atoms with E-state index in [1.807, 2.05) is 26.8 Å². The molecular formula is C21H33N3O3. The molecule has 27 heavy (non-hydrogen) atoms. The molecule has 2 aliphatic rings. The number of carbonyl (C=O) groups excluding carboxylic acids is 1. The number of rotatable bonds is 3. The lowest BCUT2D eigenvalue weighted by Crippen LogP contribution is -2.59. The maximum Gasteiger partial charge on any atom is 0.410 e. The van der Waals surface area contributed by atoms with Crippen LogP contribution in [0.4, 0.5) is 4.79 Å². The van der Waals surface area contributed by atoms with E-state index in [0.717, 1.165) is 32.6 Å². The van der Waals surface area contributed by atoms with Crippen molar-refractivity contribution < 1.29 is 14.6 Å². The second-order valence-corrected chi connectivity index (χ2v) is 8.65. The van der Waals surface area contributed by atoms with Gasteiger partial charge in [-0.25, -0.2) is 4.79 Å². The molecule has 2 atom stereocenters. The molecule has 0 aliphatic carbocycles. The minimum absolute atomic E-state index is 0.179. The third-order valence-corrected chi connectivity index (χ3v) is 5.31. The van der Waals surface area contributed by atoms with Crippen LogP contribution in [-0.2, 0) is 11.3 Å². The number of piperazine rings is 1. The molecule has 6 nitrogen and oxygen atoms in total. The van der Waals surface area contributed by atoms with Crippen molar-refractivity contribution in [3.63, 3.8) is 0 Å². The summed E-state index contributed by atoms with van der Waals surface area (Å²) in [6.07, 6.45) is 0.372. The Balaban J connectivity index is 1.46. The number of piperidine rings is 1. The Labute approximate surface area is 162 Å². The van der Waals surface area contributed by atoms with E-state index in [-0.39, 0.29) is 18.2 Å². The monoisotopic (exact) mass is 375 g/mol. The molecule has 0 saturated carbocycles. The average Bonchev–Trinajstić information content (AvgIpc) is 2.61. The molecule has 1 N–H and O–H groups in total. The third kappa shape index (κ3) is 5.67. The zero-order chi connectivity index (χ0) is 19.4. The van der Waals surface area contributed by atoms with E-state index in [1.54, 1.807) is 4.90 Å². The molecule has 2 saturated heterocycles. The van der Waals surface area contributed by atoms with E-state index in [9.17, 15) is 9.90 Å². The molecule has 2 heterocycles. The third-order valence-electron chi connectivity index (χ3n) is 5.31. The van der Waals surface area contributed by atoms with Gasteiger partial charge in [0.15, 0.2) is 0 Å². The van der Waals surface area contributed by atoms with Gasteiger partial charge < -0.3 is 14.7 Å². The van der Waals surface area contributed by atoms with Crippen molar-refractivity contribution in [1.29, 1.82) is 0 Å². The second kappa shape index (κ2) is 8.59. The number of hydrogen-bond donors (Lipinski definition) is 1.